The van der Waals surface area contributed by atoms with Gasteiger partial charge in [0.15, 0.2) is 5.82 Å². The number of hydrogen-bond donors (Lipinski definition) is 0. The first-order chi connectivity index (χ1) is 12.4. The molecule has 0 spiro atoms. The molecule has 0 saturated heterocycles. The van der Waals surface area contributed by atoms with Gasteiger partial charge in [0, 0.05) is 11.1 Å². The Balaban J connectivity index is 1.90. The summed E-state index contributed by atoms with van der Waals surface area (Å²) >= 11 is 0. The fourth-order valence-corrected chi connectivity index (χ4v) is 2.10. The van der Waals surface area contributed by atoms with Crippen molar-refractivity contribution in [1.29, 1.82) is 0 Å². The molecule has 12 heteroatoms. The molecule has 3 rings (SSSR count). The molecular weight excluding hydrogens is 357 g/mol. The zero-order valence-corrected chi connectivity index (χ0v) is 13.3. The van der Waals surface area contributed by atoms with E-state index in [1.807, 2.05) is 0 Å². The van der Waals surface area contributed by atoms with Crippen molar-refractivity contribution in [2.45, 2.75) is 19.6 Å². The van der Waals surface area contributed by atoms with E-state index in [9.17, 15) is 18.0 Å². The molecule has 3 aromatic rings. The molecule has 0 N–H and O–H groups in total. The van der Waals surface area contributed by atoms with Gasteiger partial charge in [-0.1, -0.05) is 23.4 Å². The number of aromatic nitrogens is 6. The van der Waals surface area contributed by atoms with Crippen LogP contribution in [0.15, 0.2) is 28.8 Å². The van der Waals surface area contributed by atoms with Crippen molar-refractivity contribution in [2.24, 2.45) is 0 Å². The molecule has 0 radical (unpaired) electrons. The van der Waals surface area contributed by atoms with Crippen molar-refractivity contribution in [3.8, 4) is 22.8 Å². The number of esters is 1. The maximum atomic E-state index is 12.6. The van der Waals surface area contributed by atoms with Crippen LogP contribution in [0.3, 0.4) is 0 Å². The molecule has 0 saturated carbocycles. The van der Waals surface area contributed by atoms with E-state index in [2.05, 4.69) is 30.2 Å². The summed E-state index contributed by atoms with van der Waals surface area (Å²) in [5, 5.41) is 14.4. The van der Waals surface area contributed by atoms with E-state index in [1.54, 1.807) is 19.1 Å². The second kappa shape index (κ2) is 6.90. The summed E-state index contributed by atoms with van der Waals surface area (Å²) < 4.78 is 48.0. The van der Waals surface area contributed by atoms with Crippen LogP contribution in [0.5, 0.6) is 0 Å². The van der Waals surface area contributed by atoms with Crippen LogP contribution in [0.25, 0.3) is 22.8 Å². The van der Waals surface area contributed by atoms with E-state index in [4.69, 9.17) is 4.74 Å². The molecule has 1 aromatic carbocycles. The highest BCUT2D eigenvalue weighted by atomic mass is 19.4. The number of rotatable bonds is 5. The van der Waals surface area contributed by atoms with Crippen molar-refractivity contribution in [3.63, 3.8) is 0 Å². The molecule has 9 nitrogen and oxygen atoms in total. The molecule has 0 bridgehead atoms. The van der Waals surface area contributed by atoms with Gasteiger partial charge in [-0.25, -0.2) is 4.68 Å². The molecule has 2 aromatic heterocycles. The predicted molar refractivity (Wildman–Crippen MR) is 78.2 cm³/mol. The van der Waals surface area contributed by atoms with Crippen LogP contribution < -0.4 is 0 Å². The lowest BCUT2D eigenvalue weighted by atomic mass is 10.1. The number of hydrogen-bond acceptors (Lipinski definition) is 8. The van der Waals surface area contributed by atoms with Gasteiger partial charge in [0.05, 0.1) is 6.61 Å². The summed E-state index contributed by atoms with van der Waals surface area (Å²) in [7, 11) is 0. The van der Waals surface area contributed by atoms with Gasteiger partial charge in [0.1, 0.15) is 6.54 Å². The highest BCUT2D eigenvalue weighted by molar-refractivity contribution is 5.71. The van der Waals surface area contributed by atoms with Gasteiger partial charge in [-0.3, -0.25) is 4.79 Å². The molecule has 0 aliphatic carbocycles. The van der Waals surface area contributed by atoms with Gasteiger partial charge >= 0.3 is 18.0 Å². The Morgan fingerprint density at radius 2 is 2.08 bits per heavy atom. The highest BCUT2D eigenvalue weighted by Gasteiger charge is 2.38. The number of nitrogens with zero attached hydrogens (tertiary/aromatic N) is 6. The number of ether oxygens (including phenoxy) is 1. The molecule has 0 unspecified atom stereocenters. The van der Waals surface area contributed by atoms with Crippen molar-refractivity contribution >= 4 is 5.97 Å². The number of carbonyl (C=O) groups is 1. The summed E-state index contributed by atoms with van der Waals surface area (Å²) in [5.41, 5.74) is 0.725. The van der Waals surface area contributed by atoms with Crippen molar-refractivity contribution in [3.05, 3.63) is 30.2 Å². The molecule has 0 amide bonds. The van der Waals surface area contributed by atoms with Gasteiger partial charge in [-0.05, 0) is 23.4 Å². The lowest BCUT2D eigenvalue weighted by molar-refractivity contribution is -0.159. The summed E-state index contributed by atoms with van der Waals surface area (Å²) in [6, 6.07) is 6.19. The molecular formula is C14H11F3N6O3. The summed E-state index contributed by atoms with van der Waals surface area (Å²) in [4.78, 5) is 14.9. The maximum absolute atomic E-state index is 12.6. The fraction of sp³-hybridized carbons (Fsp3) is 0.286. The van der Waals surface area contributed by atoms with Crippen LogP contribution >= 0.6 is 0 Å². The monoisotopic (exact) mass is 368 g/mol. The van der Waals surface area contributed by atoms with Gasteiger partial charge in [-0.2, -0.15) is 18.2 Å². The molecule has 2 heterocycles. The average molecular weight is 368 g/mol. The van der Waals surface area contributed by atoms with E-state index >= 15 is 0 Å². The third kappa shape index (κ3) is 3.68. The van der Waals surface area contributed by atoms with E-state index in [0.717, 1.165) is 0 Å². The molecule has 0 aliphatic heterocycles. The van der Waals surface area contributed by atoms with Crippen LogP contribution in [0.2, 0.25) is 0 Å². The van der Waals surface area contributed by atoms with Gasteiger partial charge in [0.25, 0.3) is 0 Å². The van der Waals surface area contributed by atoms with Crippen LogP contribution in [0.1, 0.15) is 12.8 Å². The first-order valence-corrected chi connectivity index (χ1v) is 7.32. The molecule has 0 fully saturated rings. The zero-order valence-electron chi connectivity index (χ0n) is 13.3. The lowest BCUT2D eigenvalue weighted by Crippen LogP contribution is -2.15. The summed E-state index contributed by atoms with van der Waals surface area (Å²) in [5.74, 6) is -1.96. The number of benzene rings is 1. The van der Waals surface area contributed by atoms with Crippen molar-refractivity contribution in [1.82, 2.24) is 30.3 Å². The van der Waals surface area contributed by atoms with Gasteiger partial charge in [0.2, 0.25) is 5.82 Å². The van der Waals surface area contributed by atoms with Crippen LogP contribution in [-0.2, 0) is 22.3 Å². The standard InChI is InChI=1S/C14H11F3N6O3/c1-2-25-10(24)7-23-12(19-21-22-23)9-5-3-4-8(6-9)11-18-13(26-20-11)14(15,16)17/h3-6H,2,7H2,1H3. The maximum Gasteiger partial charge on any atom is 0.471 e. The molecule has 136 valence electrons. The van der Waals surface area contributed by atoms with Crippen LogP contribution in [0.4, 0.5) is 13.2 Å². The minimum absolute atomic E-state index is 0.208. The Labute approximate surface area is 143 Å². The van der Waals surface area contributed by atoms with Crippen LogP contribution in [-0.4, -0.2) is 42.9 Å². The summed E-state index contributed by atoms with van der Waals surface area (Å²) in [6.45, 7) is 1.67. The Bertz CT molecular complexity index is 921. The lowest BCUT2D eigenvalue weighted by Gasteiger charge is -2.05. The fourth-order valence-electron chi connectivity index (χ4n) is 2.10. The van der Waals surface area contributed by atoms with Gasteiger partial charge in [-0.15, -0.1) is 5.10 Å². The second-order valence-corrected chi connectivity index (χ2v) is 4.97. The number of tetrazole rings is 1. The minimum Gasteiger partial charge on any atom is -0.465 e. The summed E-state index contributed by atoms with van der Waals surface area (Å²) in [6.07, 6.45) is -4.73. The predicted octanol–water partition coefficient (Wildman–Crippen LogP) is 1.97. The number of carbonyl (C=O) groups excluding carboxylic acids is 1. The molecule has 0 atom stereocenters. The largest absolute Gasteiger partial charge is 0.471 e. The van der Waals surface area contributed by atoms with E-state index in [1.165, 1.54) is 16.8 Å². The molecule has 26 heavy (non-hydrogen) atoms. The number of halogens is 3. The SMILES string of the molecule is CCOC(=O)Cn1nnnc1-c1cccc(-c2noc(C(F)(F)F)n2)c1. The Kier molecular flexibility index (Phi) is 4.65. The van der Waals surface area contributed by atoms with E-state index < -0.39 is 18.0 Å². The quantitative estimate of drug-likeness (QED) is 0.629. The van der Waals surface area contributed by atoms with Crippen molar-refractivity contribution < 1.29 is 27.2 Å². The topological polar surface area (TPSA) is 109 Å². The average Bonchev–Trinajstić information content (AvgIpc) is 3.24. The highest BCUT2D eigenvalue weighted by Crippen LogP contribution is 2.30. The second-order valence-electron chi connectivity index (χ2n) is 4.97. The third-order valence-electron chi connectivity index (χ3n) is 3.16. The Morgan fingerprint density at radius 3 is 2.77 bits per heavy atom. The molecule has 0 aliphatic rings. The Morgan fingerprint density at radius 1 is 1.31 bits per heavy atom. The Hall–Kier alpha value is -3.31. The van der Waals surface area contributed by atoms with Gasteiger partial charge < -0.3 is 9.26 Å². The third-order valence-corrected chi connectivity index (χ3v) is 3.16. The first-order valence-electron chi connectivity index (χ1n) is 7.32. The van der Waals surface area contributed by atoms with E-state index in [-0.39, 0.29) is 30.4 Å². The zero-order chi connectivity index (χ0) is 18.7. The minimum atomic E-state index is -4.73. The first kappa shape index (κ1) is 17.5. The smallest absolute Gasteiger partial charge is 0.465 e. The van der Waals surface area contributed by atoms with E-state index in [0.29, 0.717) is 5.56 Å². The normalized spacial score (nSPS) is 11.5. The van der Waals surface area contributed by atoms with Crippen molar-refractivity contribution in [2.75, 3.05) is 6.61 Å². The number of alkyl halides is 3. The van der Waals surface area contributed by atoms with Crippen LogP contribution in [0, 0.1) is 0 Å².